The normalized spacial score (nSPS) is 12.9. The van der Waals surface area contributed by atoms with E-state index in [1.165, 1.54) is 19.1 Å². The van der Waals surface area contributed by atoms with E-state index in [-0.39, 0.29) is 5.56 Å². The van der Waals surface area contributed by atoms with Gasteiger partial charge in [-0.25, -0.2) is 8.78 Å². The van der Waals surface area contributed by atoms with Crippen molar-refractivity contribution in [3.8, 4) is 5.75 Å². The molecular formula is C10H9ClF2O2. The van der Waals surface area contributed by atoms with Crippen molar-refractivity contribution in [3.63, 3.8) is 0 Å². The Morgan fingerprint density at radius 1 is 1.40 bits per heavy atom. The second-order valence-corrected chi connectivity index (χ2v) is 3.50. The summed E-state index contributed by atoms with van der Waals surface area (Å²) in [6.45, 7) is 1.23. The molecule has 0 amide bonds. The zero-order chi connectivity index (χ0) is 11.6. The van der Waals surface area contributed by atoms with Gasteiger partial charge < -0.3 is 5.11 Å². The summed E-state index contributed by atoms with van der Waals surface area (Å²) < 4.78 is 24.8. The first kappa shape index (κ1) is 11.9. The van der Waals surface area contributed by atoms with Gasteiger partial charge >= 0.3 is 0 Å². The Morgan fingerprint density at radius 2 is 1.93 bits per heavy atom. The maximum atomic E-state index is 12.4. The zero-order valence-corrected chi connectivity index (χ0v) is 8.63. The number of benzene rings is 1. The topological polar surface area (TPSA) is 37.3 Å². The largest absolute Gasteiger partial charge is 0.507 e. The molecule has 0 spiro atoms. The molecule has 1 aromatic rings. The molecule has 0 saturated heterocycles. The lowest BCUT2D eigenvalue weighted by Gasteiger charge is -2.11. The molecule has 0 fully saturated rings. The summed E-state index contributed by atoms with van der Waals surface area (Å²) >= 11 is 5.67. The molecule has 5 heteroatoms. The second-order valence-electron chi connectivity index (χ2n) is 3.06. The maximum absolute atomic E-state index is 12.4. The number of para-hydroxylation sites is 1. The van der Waals surface area contributed by atoms with E-state index < -0.39 is 28.9 Å². The van der Waals surface area contributed by atoms with E-state index in [4.69, 9.17) is 11.6 Å². The van der Waals surface area contributed by atoms with Crippen LogP contribution in [-0.4, -0.2) is 10.9 Å². The van der Waals surface area contributed by atoms with Crippen LogP contribution in [0.1, 0.15) is 29.9 Å². The average molecular weight is 235 g/mol. The van der Waals surface area contributed by atoms with Crippen molar-refractivity contribution in [1.82, 2.24) is 0 Å². The number of carbonyl (C=O) groups excluding carboxylic acids is 1. The summed E-state index contributed by atoms with van der Waals surface area (Å²) in [6.07, 6.45) is -2.79. The summed E-state index contributed by atoms with van der Waals surface area (Å²) in [5.41, 5.74) is -0.499. The minimum atomic E-state index is -2.79. The van der Waals surface area contributed by atoms with Crippen LogP contribution in [-0.2, 0) is 4.79 Å². The van der Waals surface area contributed by atoms with E-state index >= 15 is 0 Å². The predicted molar refractivity (Wildman–Crippen MR) is 52.3 cm³/mol. The van der Waals surface area contributed by atoms with Crippen molar-refractivity contribution in [2.45, 2.75) is 18.7 Å². The number of phenols is 1. The van der Waals surface area contributed by atoms with E-state index in [9.17, 15) is 18.7 Å². The summed E-state index contributed by atoms with van der Waals surface area (Å²) in [5, 5.41) is 8.37. The van der Waals surface area contributed by atoms with Crippen LogP contribution in [0.15, 0.2) is 18.2 Å². The number of aromatic hydroxyl groups is 1. The molecule has 0 aliphatic carbocycles. The van der Waals surface area contributed by atoms with Crippen LogP contribution < -0.4 is 0 Å². The summed E-state index contributed by atoms with van der Waals surface area (Å²) in [7, 11) is 0. The van der Waals surface area contributed by atoms with Gasteiger partial charge in [0, 0.05) is 5.56 Å². The molecule has 1 unspecified atom stereocenters. The van der Waals surface area contributed by atoms with Gasteiger partial charge in [0.05, 0.1) is 5.56 Å². The molecule has 15 heavy (non-hydrogen) atoms. The van der Waals surface area contributed by atoms with Crippen molar-refractivity contribution >= 4 is 17.4 Å². The zero-order valence-electron chi connectivity index (χ0n) is 7.88. The van der Waals surface area contributed by atoms with Crippen molar-refractivity contribution in [1.29, 1.82) is 0 Å². The lowest BCUT2D eigenvalue weighted by atomic mass is 10.0. The van der Waals surface area contributed by atoms with Crippen LogP contribution in [0.25, 0.3) is 0 Å². The first-order chi connectivity index (χ1) is 6.95. The fraction of sp³-hybridized carbons (Fsp3) is 0.300. The molecule has 0 aliphatic heterocycles. The highest BCUT2D eigenvalue weighted by Gasteiger charge is 2.21. The third-order valence-electron chi connectivity index (χ3n) is 1.96. The van der Waals surface area contributed by atoms with E-state index in [1.54, 1.807) is 0 Å². The van der Waals surface area contributed by atoms with Crippen molar-refractivity contribution in [2.24, 2.45) is 0 Å². The first-order valence-electron chi connectivity index (χ1n) is 4.19. The number of alkyl halides is 3. The highest BCUT2D eigenvalue weighted by molar-refractivity contribution is 6.31. The monoisotopic (exact) mass is 234 g/mol. The summed E-state index contributed by atoms with van der Waals surface area (Å²) in [6, 6.07) is 3.77. The summed E-state index contributed by atoms with van der Waals surface area (Å²) in [4.78, 5) is 10.9. The fourth-order valence-electron chi connectivity index (χ4n) is 1.18. The van der Waals surface area contributed by atoms with Gasteiger partial charge in [-0.15, -0.1) is 11.6 Å². The first-order valence-corrected chi connectivity index (χ1v) is 4.63. The quantitative estimate of drug-likeness (QED) is 0.816. The van der Waals surface area contributed by atoms with Gasteiger partial charge in [-0.1, -0.05) is 12.1 Å². The second kappa shape index (κ2) is 4.57. The number of carbonyl (C=O) groups is 1. The number of phenolic OH excluding ortho intramolecular Hbond substituents is 1. The number of Topliss-reactive ketones (excluding diaryl/α,β-unsaturated/α-hetero) is 1. The molecule has 0 bridgehead atoms. The molecule has 0 aliphatic rings. The molecule has 0 saturated carbocycles. The van der Waals surface area contributed by atoms with Crippen LogP contribution in [0.5, 0.6) is 5.75 Å². The number of rotatable bonds is 3. The summed E-state index contributed by atoms with van der Waals surface area (Å²) in [5.74, 6) is -1.01. The van der Waals surface area contributed by atoms with Gasteiger partial charge in [0.1, 0.15) is 11.1 Å². The smallest absolute Gasteiger partial charge is 0.267 e. The van der Waals surface area contributed by atoms with E-state index in [0.717, 1.165) is 6.07 Å². The molecule has 0 aromatic heterocycles. The third kappa shape index (κ3) is 2.45. The van der Waals surface area contributed by atoms with Crippen LogP contribution in [0, 0.1) is 0 Å². The molecule has 0 heterocycles. The molecule has 1 rings (SSSR count). The SMILES string of the molecule is CC(=O)C(Cl)c1cccc(C(F)F)c1O. The molecule has 1 aromatic carbocycles. The lowest BCUT2D eigenvalue weighted by Crippen LogP contribution is -2.03. The average Bonchev–Trinajstić information content (AvgIpc) is 2.16. The molecular weight excluding hydrogens is 226 g/mol. The Hall–Kier alpha value is -1.16. The fourth-order valence-corrected chi connectivity index (χ4v) is 1.36. The van der Waals surface area contributed by atoms with Crippen LogP contribution in [0.3, 0.4) is 0 Å². The van der Waals surface area contributed by atoms with Gasteiger partial charge in [0.25, 0.3) is 6.43 Å². The Morgan fingerprint density at radius 3 is 2.40 bits per heavy atom. The molecule has 2 nitrogen and oxygen atoms in total. The van der Waals surface area contributed by atoms with E-state index in [1.807, 2.05) is 0 Å². The van der Waals surface area contributed by atoms with Crippen LogP contribution >= 0.6 is 11.6 Å². The highest BCUT2D eigenvalue weighted by atomic mass is 35.5. The Kier molecular flexibility index (Phi) is 3.63. The van der Waals surface area contributed by atoms with Crippen molar-refractivity contribution < 1.29 is 18.7 Å². The Balaban J connectivity index is 3.21. The lowest BCUT2D eigenvalue weighted by molar-refractivity contribution is -0.116. The number of ketones is 1. The Bertz CT molecular complexity index is 380. The van der Waals surface area contributed by atoms with Crippen molar-refractivity contribution in [2.75, 3.05) is 0 Å². The van der Waals surface area contributed by atoms with Gasteiger partial charge in [-0.2, -0.15) is 0 Å². The number of hydrogen-bond acceptors (Lipinski definition) is 2. The van der Waals surface area contributed by atoms with Crippen LogP contribution in [0.2, 0.25) is 0 Å². The number of halogens is 3. The van der Waals surface area contributed by atoms with Gasteiger partial charge in [-0.05, 0) is 13.0 Å². The molecule has 0 radical (unpaired) electrons. The standard InChI is InChI=1S/C10H9ClF2O2/c1-5(14)8(11)6-3-2-4-7(9(6)15)10(12)13/h2-4,8,10,15H,1H3. The highest BCUT2D eigenvalue weighted by Crippen LogP contribution is 2.36. The van der Waals surface area contributed by atoms with Gasteiger partial charge in [0.15, 0.2) is 5.78 Å². The van der Waals surface area contributed by atoms with Gasteiger partial charge in [0.2, 0.25) is 0 Å². The van der Waals surface area contributed by atoms with E-state index in [2.05, 4.69) is 0 Å². The molecule has 82 valence electrons. The molecule has 1 N–H and O–H groups in total. The number of hydrogen-bond donors (Lipinski definition) is 1. The third-order valence-corrected chi connectivity index (χ3v) is 2.51. The van der Waals surface area contributed by atoms with Crippen molar-refractivity contribution in [3.05, 3.63) is 29.3 Å². The van der Waals surface area contributed by atoms with E-state index in [0.29, 0.717) is 0 Å². The Labute approximate surface area is 90.5 Å². The maximum Gasteiger partial charge on any atom is 0.267 e. The molecule has 1 atom stereocenters. The minimum Gasteiger partial charge on any atom is -0.507 e. The van der Waals surface area contributed by atoms with Gasteiger partial charge in [-0.3, -0.25) is 4.79 Å². The predicted octanol–water partition coefficient (Wildman–Crippen LogP) is 3.20. The minimum absolute atomic E-state index is 0.0157. The van der Waals surface area contributed by atoms with Crippen LogP contribution in [0.4, 0.5) is 8.78 Å².